The van der Waals surface area contributed by atoms with Crippen molar-refractivity contribution >= 4 is 33.6 Å². The monoisotopic (exact) mass is 458 g/mol. The molecule has 0 aliphatic rings. The zero-order chi connectivity index (χ0) is 22.5. The van der Waals surface area contributed by atoms with E-state index in [1.807, 2.05) is 0 Å². The van der Waals surface area contributed by atoms with E-state index in [0.29, 0.717) is 0 Å². The van der Waals surface area contributed by atoms with E-state index in [1.165, 1.54) is 48.5 Å². The molecule has 3 N–H and O–H groups in total. The molecule has 2 aromatic carbocycles. The quantitative estimate of drug-likeness (QED) is 0.285. The zero-order valence-corrected chi connectivity index (χ0v) is 20.4. The summed E-state index contributed by atoms with van der Waals surface area (Å²) >= 11 is 0. The number of benzene rings is 2. The Hall–Kier alpha value is -2.40. The van der Waals surface area contributed by atoms with Gasteiger partial charge in [-0.05, 0) is 57.2 Å². The topological polar surface area (TPSA) is 139 Å². The van der Waals surface area contributed by atoms with E-state index >= 15 is 0 Å². The molecule has 0 unspecified atom stereocenters. The minimum Gasteiger partial charge on any atom is -1.00 e. The number of esters is 1. The van der Waals surface area contributed by atoms with Gasteiger partial charge in [0.2, 0.25) is 0 Å². The number of carbonyl (C=O) groups excluding carboxylic acids is 2. The number of carboxylic acids is 1. The summed E-state index contributed by atoms with van der Waals surface area (Å²) in [6.45, 7) is 4.49. The Morgan fingerprint density at radius 1 is 1.03 bits per heavy atom. The summed E-state index contributed by atoms with van der Waals surface area (Å²) in [5.41, 5.74) is -0.751. The van der Waals surface area contributed by atoms with Crippen LogP contribution in [-0.4, -0.2) is 37.9 Å². The van der Waals surface area contributed by atoms with Crippen LogP contribution in [0.15, 0.2) is 53.4 Å². The number of anilines is 1. The molecule has 0 heterocycles. The molecule has 9 nitrogen and oxygen atoms in total. The Labute approximate surface area is 204 Å². The van der Waals surface area contributed by atoms with Crippen LogP contribution in [-0.2, 0) is 19.6 Å². The summed E-state index contributed by atoms with van der Waals surface area (Å²) in [6.07, 6.45) is 0. The van der Waals surface area contributed by atoms with E-state index in [0.717, 1.165) is 0 Å². The van der Waals surface area contributed by atoms with Gasteiger partial charge in [-0.1, -0.05) is 12.1 Å². The maximum absolute atomic E-state index is 12.7. The van der Waals surface area contributed by atoms with Crippen LogP contribution in [0.25, 0.3) is 0 Å². The molecular formula is C20H23N2NaO7S. The molecule has 0 radical (unpaired) electrons. The van der Waals surface area contributed by atoms with Crippen molar-refractivity contribution in [2.45, 2.75) is 25.7 Å². The van der Waals surface area contributed by atoms with E-state index in [4.69, 9.17) is 9.84 Å². The second kappa shape index (κ2) is 10.8. The molecule has 31 heavy (non-hydrogen) atoms. The molecule has 0 atom stereocenters. The van der Waals surface area contributed by atoms with Crippen molar-refractivity contribution in [3.63, 3.8) is 0 Å². The minimum absolute atomic E-state index is 0. The standard InChI is InChI=1S/C20H22N2O7S.Na.H/c1-20(2,3)19(26)29-13-8-10-14(11-9-13)30(27,28)22-16-7-5-4-6-15(16)18(25)21-12-17(23)24;;/h4-11,22H,12H2,1-3H3,(H,21,25)(H,23,24);;/q;+1;-1. The number of amides is 1. The maximum atomic E-state index is 12.7. The van der Waals surface area contributed by atoms with Gasteiger partial charge in [-0.15, -0.1) is 0 Å². The number of para-hydroxylation sites is 1. The third kappa shape index (κ3) is 7.66. The number of sulfonamides is 1. The van der Waals surface area contributed by atoms with Crippen molar-refractivity contribution in [2.75, 3.05) is 11.3 Å². The van der Waals surface area contributed by atoms with Gasteiger partial charge in [0.15, 0.2) is 0 Å². The van der Waals surface area contributed by atoms with E-state index in [2.05, 4.69) is 10.0 Å². The first-order valence-electron chi connectivity index (χ1n) is 8.84. The number of aliphatic carboxylic acids is 1. The van der Waals surface area contributed by atoms with Crippen LogP contribution in [0, 0.1) is 5.41 Å². The molecule has 0 saturated heterocycles. The number of hydrogen-bond donors (Lipinski definition) is 3. The fourth-order valence-corrected chi connectivity index (χ4v) is 3.25. The number of nitrogens with one attached hydrogen (secondary N) is 2. The number of hydrogen-bond acceptors (Lipinski definition) is 6. The van der Waals surface area contributed by atoms with Gasteiger partial charge in [-0.2, -0.15) is 0 Å². The second-order valence-corrected chi connectivity index (χ2v) is 9.02. The van der Waals surface area contributed by atoms with Crippen molar-refractivity contribution < 1.29 is 63.6 Å². The third-order valence-corrected chi connectivity index (χ3v) is 5.15. The van der Waals surface area contributed by atoms with Crippen molar-refractivity contribution in [2.24, 2.45) is 5.41 Å². The molecule has 162 valence electrons. The summed E-state index contributed by atoms with van der Waals surface area (Å²) in [7, 11) is -4.06. The first-order chi connectivity index (χ1) is 13.9. The number of ether oxygens (including phenoxy) is 1. The van der Waals surface area contributed by atoms with Crippen LogP contribution in [0.4, 0.5) is 5.69 Å². The van der Waals surface area contributed by atoms with Gasteiger partial charge in [0.25, 0.3) is 15.9 Å². The summed E-state index contributed by atoms with van der Waals surface area (Å²) < 4.78 is 32.9. The molecule has 0 saturated carbocycles. The Balaban J connectivity index is 0.00000480. The Bertz CT molecular complexity index is 1070. The van der Waals surface area contributed by atoms with Crippen molar-refractivity contribution in [1.29, 1.82) is 0 Å². The van der Waals surface area contributed by atoms with E-state index in [9.17, 15) is 22.8 Å². The molecule has 0 bridgehead atoms. The van der Waals surface area contributed by atoms with Crippen molar-refractivity contribution in [3.05, 3.63) is 54.1 Å². The van der Waals surface area contributed by atoms with E-state index in [1.54, 1.807) is 20.8 Å². The molecule has 0 spiro atoms. The van der Waals surface area contributed by atoms with E-state index < -0.39 is 39.8 Å². The van der Waals surface area contributed by atoms with Gasteiger partial charge < -0.3 is 16.6 Å². The number of carbonyl (C=O) groups is 3. The molecule has 11 heteroatoms. The summed E-state index contributed by atoms with van der Waals surface area (Å²) in [5.74, 6) is -2.23. The largest absolute Gasteiger partial charge is 1.00 e. The van der Waals surface area contributed by atoms with Crippen LogP contribution in [0.3, 0.4) is 0 Å². The summed E-state index contributed by atoms with van der Waals surface area (Å²) in [5, 5.41) is 10.9. The first-order valence-corrected chi connectivity index (χ1v) is 10.3. The predicted octanol–water partition coefficient (Wildman–Crippen LogP) is -0.630. The molecule has 1 amide bonds. The maximum Gasteiger partial charge on any atom is 1.00 e. The fourth-order valence-electron chi connectivity index (χ4n) is 2.17. The Morgan fingerprint density at radius 2 is 1.61 bits per heavy atom. The molecule has 0 aliphatic carbocycles. The average molecular weight is 458 g/mol. The summed E-state index contributed by atoms with van der Waals surface area (Å²) in [4.78, 5) is 34.6. The molecular weight excluding hydrogens is 435 g/mol. The van der Waals surface area contributed by atoms with Crippen molar-refractivity contribution in [3.8, 4) is 5.75 Å². The molecule has 2 rings (SSSR count). The average Bonchev–Trinajstić information content (AvgIpc) is 2.66. The van der Waals surface area contributed by atoms with Gasteiger partial charge in [-0.25, -0.2) is 8.42 Å². The molecule has 0 fully saturated rings. The summed E-state index contributed by atoms with van der Waals surface area (Å²) in [6, 6.07) is 11.0. The zero-order valence-electron chi connectivity index (χ0n) is 18.6. The Kier molecular flexibility index (Phi) is 9.25. The van der Waals surface area contributed by atoms with Gasteiger partial charge in [-0.3, -0.25) is 19.1 Å². The fraction of sp³-hybridized carbons (Fsp3) is 0.250. The van der Waals surface area contributed by atoms with Gasteiger partial charge in [0.1, 0.15) is 12.3 Å². The smallest absolute Gasteiger partial charge is 1.00 e. The van der Waals surface area contributed by atoms with E-state index in [-0.39, 0.29) is 52.9 Å². The molecule has 0 aliphatic heterocycles. The van der Waals surface area contributed by atoms with Crippen molar-refractivity contribution in [1.82, 2.24) is 5.32 Å². The third-order valence-electron chi connectivity index (χ3n) is 3.77. The molecule has 0 aromatic heterocycles. The van der Waals surface area contributed by atoms with Crippen LogP contribution in [0.5, 0.6) is 5.75 Å². The van der Waals surface area contributed by atoms with Crippen LogP contribution >= 0.6 is 0 Å². The Morgan fingerprint density at radius 3 is 2.16 bits per heavy atom. The number of carboxylic acid groups (broad SMARTS) is 1. The van der Waals surface area contributed by atoms with Crippen LogP contribution in [0.1, 0.15) is 32.6 Å². The predicted molar refractivity (Wildman–Crippen MR) is 110 cm³/mol. The second-order valence-electron chi connectivity index (χ2n) is 7.34. The van der Waals surface area contributed by atoms with Crippen LogP contribution in [0.2, 0.25) is 0 Å². The number of rotatable bonds is 7. The SMILES string of the molecule is CC(C)(C)C(=O)Oc1ccc(S(=O)(=O)Nc2ccccc2C(=O)NCC(=O)O)cc1.[H-].[Na+]. The normalized spacial score (nSPS) is 11.1. The first kappa shape index (κ1) is 26.6. The molecule has 2 aromatic rings. The van der Waals surface area contributed by atoms with Gasteiger partial charge in [0.05, 0.1) is 21.6 Å². The van der Waals surface area contributed by atoms with Gasteiger partial charge in [0, 0.05) is 0 Å². The van der Waals surface area contributed by atoms with Crippen LogP contribution < -0.4 is 44.3 Å². The van der Waals surface area contributed by atoms with Gasteiger partial charge >= 0.3 is 41.5 Å². The minimum atomic E-state index is -4.06.